The first-order chi connectivity index (χ1) is 18.5. The zero-order chi connectivity index (χ0) is 26.2. The Morgan fingerprint density at radius 2 is 1.45 bits per heavy atom. The maximum absolute atomic E-state index is 13.2. The number of nitrogens with zero attached hydrogens (tertiary/aromatic N) is 4. The van der Waals surface area contributed by atoms with Gasteiger partial charge in [0.25, 0.3) is 11.8 Å². The molecule has 0 radical (unpaired) electrons. The molecule has 4 saturated heterocycles. The summed E-state index contributed by atoms with van der Waals surface area (Å²) >= 11 is 0. The van der Waals surface area contributed by atoms with E-state index in [1.165, 1.54) is 39.1 Å². The van der Waals surface area contributed by atoms with Crippen molar-refractivity contribution in [2.75, 3.05) is 70.3 Å². The highest BCUT2D eigenvalue weighted by atomic mass is 16.2. The van der Waals surface area contributed by atoms with Crippen molar-refractivity contribution in [2.45, 2.75) is 38.1 Å². The van der Waals surface area contributed by atoms with Gasteiger partial charge in [0.15, 0.2) is 0 Å². The highest BCUT2D eigenvalue weighted by Gasteiger charge is 2.44. The molecule has 6 rings (SSSR count). The van der Waals surface area contributed by atoms with Crippen molar-refractivity contribution in [3.05, 3.63) is 29.3 Å². The van der Waals surface area contributed by atoms with E-state index in [1.807, 2.05) is 6.07 Å². The SMILES string of the molecule is O=C1CCC(N2C(=O)c3ccc(N4CCC(CN5CCN(C[C@@H]6CCNC6)CC5)CC4)cc3C2=O)C(=O)N1. The van der Waals surface area contributed by atoms with E-state index >= 15 is 0 Å². The number of hydrogen-bond acceptors (Lipinski definition) is 8. The second-order valence-electron chi connectivity index (χ2n) is 11.6. The van der Waals surface area contributed by atoms with Gasteiger partial charge in [0.2, 0.25) is 11.8 Å². The molecule has 5 aliphatic heterocycles. The van der Waals surface area contributed by atoms with Crippen LogP contribution >= 0.6 is 0 Å². The van der Waals surface area contributed by atoms with Crippen LogP contribution in [0, 0.1) is 11.8 Å². The molecule has 204 valence electrons. The number of piperidine rings is 2. The predicted molar refractivity (Wildman–Crippen MR) is 142 cm³/mol. The van der Waals surface area contributed by atoms with Crippen LogP contribution in [0.2, 0.25) is 0 Å². The van der Waals surface area contributed by atoms with Crippen molar-refractivity contribution in [3.8, 4) is 0 Å². The Hall–Kier alpha value is -2.82. The Bertz CT molecular complexity index is 1100. The standard InChI is InChI=1S/C28H38N6O4/c35-25-4-3-24(26(36)30-25)34-27(37)22-2-1-21(15-23(22)28(34)38)33-9-6-19(7-10-33)17-31-11-13-32(14-12-31)18-20-5-8-29-16-20/h1-2,15,19-20,24,29H,3-14,16-18H2,(H,30,35,36)/t20-,24?/m1/s1. The summed E-state index contributed by atoms with van der Waals surface area (Å²) in [6.45, 7) is 11.3. The Kier molecular flexibility index (Phi) is 7.20. The van der Waals surface area contributed by atoms with Crippen LogP contribution < -0.4 is 15.5 Å². The Balaban J connectivity index is 1.01. The maximum Gasteiger partial charge on any atom is 0.262 e. The van der Waals surface area contributed by atoms with Gasteiger partial charge in [-0.25, -0.2) is 0 Å². The molecule has 1 unspecified atom stereocenters. The van der Waals surface area contributed by atoms with Crippen LogP contribution in [-0.2, 0) is 9.59 Å². The molecule has 0 spiro atoms. The van der Waals surface area contributed by atoms with Crippen LogP contribution in [0.5, 0.6) is 0 Å². The normalized spacial score (nSPS) is 27.8. The second kappa shape index (κ2) is 10.7. The summed E-state index contributed by atoms with van der Waals surface area (Å²) in [5.74, 6) is -0.348. The molecule has 4 amide bonds. The largest absolute Gasteiger partial charge is 0.371 e. The molecular weight excluding hydrogens is 484 g/mol. The van der Waals surface area contributed by atoms with Gasteiger partial charge in [0.1, 0.15) is 6.04 Å². The van der Waals surface area contributed by atoms with Crippen molar-refractivity contribution < 1.29 is 19.2 Å². The minimum atomic E-state index is -0.930. The molecule has 4 fully saturated rings. The van der Waals surface area contributed by atoms with Gasteiger partial charge < -0.3 is 20.0 Å². The third-order valence-corrected chi connectivity index (χ3v) is 9.06. The molecule has 0 bridgehead atoms. The monoisotopic (exact) mass is 522 g/mol. The first-order valence-corrected chi connectivity index (χ1v) is 14.2. The van der Waals surface area contributed by atoms with Gasteiger partial charge >= 0.3 is 0 Å². The van der Waals surface area contributed by atoms with E-state index in [-0.39, 0.29) is 18.7 Å². The van der Waals surface area contributed by atoms with Gasteiger partial charge in [0, 0.05) is 64.5 Å². The fourth-order valence-electron chi connectivity index (χ4n) is 6.78. The molecule has 1 aromatic rings. The van der Waals surface area contributed by atoms with Gasteiger partial charge in [-0.3, -0.25) is 29.4 Å². The number of piperazine rings is 1. The number of anilines is 1. The Morgan fingerprint density at radius 1 is 0.763 bits per heavy atom. The van der Waals surface area contributed by atoms with Gasteiger partial charge in [0.05, 0.1) is 11.1 Å². The molecule has 38 heavy (non-hydrogen) atoms. The van der Waals surface area contributed by atoms with Gasteiger partial charge in [-0.2, -0.15) is 0 Å². The number of carbonyl (C=O) groups excluding carboxylic acids is 4. The number of benzene rings is 1. The Morgan fingerprint density at radius 3 is 2.11 bits per heavy atom. The first-order valence-electron chi connectivity index (χ1n) is 14.2. The van der Waals surface area contributed by atoms with E-state index in [0.717, 1.165) is 62.1 Å². The summed E-state index contributed by atoms with van der Waals surface area (Å²) in [4.78, 5) is 58.6. The third-order valence-electron chi connectivity index (χ3n) is 9.06. The summed E-state index contributed by atoms with van der Waals surface area (Å²) in [5.41, 5.74) is 1.63. The molecule has 0 saturated carbocycles. The lowest BCUT2D eigenvalue weighted by Gasteiger charge is -2.40. The van der Waals surface area contributed by atoms with E-state index in [0.29, 0.717) is 17.0 Å². The third kappa shape index (κ3) is 5.09. The minimum Gasteiger partial charge on any atom is -0.371 e. The zero-order valence-electron chi connectivity index (χ0n) is 22.0. The topological polar surface area (TPSA) is 105 Å². The molecular formula is C28H38N6O4. The van der Waals surface area contributed by atoms with E-state index in [9.17, 15) is 19.2 Å². The number of nitrogens with one attached hydrogen (secondary N) is 2. The molecule has 1 aromatic carbocycles. The van der Waals surface area contributed by atoms with Crippen molar-refractivity contribution in [1.82, 2.24) is 25.3 Å². The lowest BCUT2D eigenvalue weighted by atomic mass is 9.95. The number of rotatable bonds is 6. The van der Waals surface area contributed by atoms with Crippen LogP contribution in [0.15, 0.2) is 18.2 Å². The maximum atomic E-state index is 13.2. The number of carbonyl (C=O) groups is 4. The van der Waals surface area contributed by atoms with Crippen LogP contribution in [-0.4, -0.2) is 110 Å². The second-order valence-corrected chi connectivity index (χ2v) is 11.6. The predicted octanol–water partition coefficient (Wildman–Crippen LogP) is 0.531. The summed E-state index contributed by atoms with van der Waals surface area (Å²) in [7, 11) is 0. The first kappa shape index (κ1) is 25.5. The summed E-state index contributed by atoms with van der Waals surface area (Å²) in [5, 5.41) is 5.72. The lowest BCUT2D eigenvalue weighted by molar-refractivity contribution is -0.136. The minimum absolute atomic E-state index is 0.123. The number of amides is 4. The van der Waals surface area contributed by atoms with E-state index in [1.54, 1.807) is 12.1 Å². The van der Waals surface area contributed by atoms with Crippen LogP contribution in [0.4, 0.5) is 5.69 Å². The van der Waals surface area contributed by atoms with Crippen LogP contribution in [0.3, 0.4) is 0 Å². The molecule has 5 heterocycles. The lowest BCUT2D eigenvalue weighted by Crippen LogP contribution is -2.54. The Labute approximate surface area is 223 Å². The van der Waals surface area contributed by atoms with Gasteiger partial charge in [-0.15, -0.1) is 0 Å². The molecule has 5 aliphatic rings. The molecule has 2 atom stereocenters. The smallest absolute Gasteiger partial charge is 0.262 e. The summed E-state index contributed by atoms with van der Waals surface area (Å²) in [6.07, 6.45) is 3.83. The van der Waals surface area contributed by atoms with Gasteiger partial charge in [-0.05, 0) is 68.8 Å². The quantitative estimate of drug-likeness (QED) is 0.522. The average Bonchev–Trinajstić information content (AvgIpc) is 3.52. The van der Waals surface area contributed by atoms with Crippen LogP contribution in [0.1, 0.15) is 52.8 Å². The zero-order valence-corrected chi connectivity index (χ0v) is 22.0. The average molecular weight is 523 g/mol. The van der Waals surface area contributed by atoms with Crippen LogP contribution in [0.25, 0.3) is 0 Å². The molecule has 10 heteroatoms. The summed E-state index contributed by atoms with van der Waals surface area (Å²) in [6, 6.07) is 4.50. The van der Waals surface area contributed by atoms with Crippen molar-refractivity contribution in [3.63, 3.8) is 0 Å². The summed E-state index contributed by atoms with van der Waals surface area (Å²) < 4.78 is 0. The highest BCUT2D eigenvalue weighted by Crippen LogP contribution is 2.32. The fraction of sp³-hybridized carbons (Fsp3) is 0.643. The van der Waals surface area contributed by atoms with Crippen molar-refractivity contribution >= 4 is 29.3 Å². The number of hydrogen-bond donors (Lipinski definition) is 2. The molecule has 2 N–H and O–H groups in total. The van der Waals surface area contributed by atoms with E-state index in [4.69, 9.17) is 0 Å². The van der Waals surface area contributed by atoms with E-state index in [2.05, 4.69) is 25.3 Å². The fourth-order valence-corrected chi connectivity index (χ4v) is 6.78. The van der Waals surface area contributed by atoms with Crippen molar-refractivity contribution in [1.29, 1.82) is 0 Å². The van der Waals surface area contributed by atoms with Crippen molar-refractivity contribution in [2.24, 2.45) is 11.8 Å². The van der Waals surface area contributed by atoms with Gasteiger partial charge in [-0.1, -0.05) is 0 Å². The number of imide groups is 2. The van der Waals surface area contributed by atoms with E-state index < -0.39 is 23.8 Å². The molecule has 0 aromatic heterocycles. The molecule has 10 nitrogen and oxygen atoms in total. The number of fused-ring (bicyclic) bond motifs is 1. The molecule has 0 aliphatic carbocycles. The highest BCUT2D eigenvalue weighted by molar-refractivity contribution is 6.23.